The molecule has 0 aliphatic heterocycles. The molecular weight excluding hydrogens is 278 g/mol. The molecular formula is C17H23N3S. The van der Waals surface area contributed by atoms with Gasteiger partial charge in [-0.25, -0.2) is 4.98 Å². The van der Waals surface area contributed by atoms with Crippen molar-refractivity contribution in [3.63, 3.8) is 0 Å². The molecule has 1 atom stereocenters. The van der Waals surface area contributed by atoms with Crippen molar-refractivity contribution in [3.05, 3.63) is 39.9 Å². The van der Waals surface area contributed by atoms with Crippen LogP contribution in [0.2, 0.25) is 0 Å². The summed E-state index contributed by atoms with van der Waals surface area (Å²) in [6, 6.07) is 7.02. The largest absolute Gasteiger partial charge is 0.321 e. The lowest BCUT2D eigenvalue weighted by molar-refractivity contribution is 0.490. The first kappa shape index (κ1) is 14.5. The van der Waals surface area contributed by atoms with Crippen LogP contribution in [0.15, 0.2) is 18.2 Å². The Bertz CT molecular complexity index is 647. The van der Waals surface area contributed by atoms with Gasteiger partial charge in [-0.15, -0.1) is 11.3 Å². The maximum atomic E-state index is 4.92. The maximum absolute atomic E-state index is 4.92. The molecule has 0 spiro atoms. The predicted octanol–water partition coefficient (Wildman–Crippen LogP) is 4.12. The Kier molecular flexibility index (Phi) is 4.00. The second-order valence-electron chi connectivity index (χ2n) is 5.89. The van der Waals surface area contributed by atoms with Gasteiger partial charge in [0.25, 0.3) is 0 Å². The Morgan fingerprint density at radius 2 is 2.14 bits per heavy atom. The average molecular weight is 301 g/mol. The molecule has 3 rings (SSSR count). The minimum absolute atomic E-state index is 0.422. The molecule has 1 unspecified atom stereocenters. The third-order valence-electron chi connectivity index (χ3n) is 4.29. The minimum Gasteiger partial charge on any atom is -0.321 e. The van der Waals surface area contributed by atoms with Crippen molar-refractivity contribution in [2.75, 3.05) is 19.0 Å². The average Bonchev–Trinajstić information content (AvgIpc) is 2.90. The van der Waals surface area contributed by atoms with Crippen molar-refractivity contribution in [2.24, 2.45) is 0 Å². The summed E-state index contributed by atoms with van der Waals surface area (Å²) in [6.07, 6.45) is 3.62. The van der Waals surface area contributed by atoms with E-state index < -0.39 is 0 Å². The molecule has 1 N–H and O–H groups in total. The molecule has 112 valence electrons. The topological polar surface area (TPSA) is 28.2 Å². The van der Waals surface area contributed by atoms with E-state index in [1.165, 1.54) is 46.6 Å². The highest BCUT2D eigenvalue weighted by Gasteiger charge is 2.25. The van der Waals surface area contributed by atoms with Gasteiger partial charge in [0.1, 0.15) is 0 Å². The number of aryl methyl sites for hydroxylation is 3. The third kappa shape index (κ3) is 2.70. The van der Waals surface area contributed by atoms with Crippen LogP contribution in [0.3, 0.4) is 0 Å². The number of hydrogen-bond acceptors (Lipinski definition) is 4. The fourth-order valence-electron chi connectivity index (χ4n) is 3.11. The molecule has 1 heterocycles. The summed E-state index contributed by atoms with van der Waals surface area (Å²) in [5.74, 6) is 0. The lowest BCUT2D eigenvalue weighted by Gasteiger charge is -2.20. The van der Waals surface area contributed by atoms with Crippen molar-refractivity contribution in [2.45, 2.75) is 39.2 Å². The number of anilines is 2. The lowest BCUT2D eigenvalue weighted by atomic mass is 9.98. The molecule has 1 aromatic carbocycles. The zero-order valence-corrected chi connectivity index (χ0v) is 14.0. The molecule has 1 aliphatic rings. The number of fused-ring (bicyclic) bond motifs is 1. The fraction of sp³-hybridized carbons (Fsp3) is 0.471. The van der Waals surface area contributed by atoms with Crippen LogP contribution in [-0.2, 0) is 6.42 Å². The van der Waals surface area contributed by atoms with Gasteiger partial charge in [0.05, 0.1) is 11.7 Å². The van der Waals surface area contributed by atoms with Gasteiger partial charge in [-0.2, -0.15) is 0 Å². The van der Waals surface area contributed by atoms with Crippen molar-refractivity contribution in [3.8, 4) is 0 Å². The van der Waals surface area contributed by atoms with Crippen molar-refractivity contribution in [1.82, 2.24) is 10.3 Å². The molecule has 4 heteroatoms. The van der Waals surface area contributed by atoms with Gasteiger partial charge >= 0.3 is 0 Å². The molecule has 0 amide bonds. The molecule has 0 saturated heterocycles. The lowest BCUT2D eigenvalue weighted by Crippen LogP contribution is -2.21. The normalized spacial score (nSPS) is 17.6. The number of benzene rings is 1. The van der Waals surface area contributed by atoms with Gasteiger partial charge in [0.2, 0.25) is 0 Å². The van der Waals surface area contributed by atoms with Crippen molar-refractivity contribution < 1.29 is 0 Å². The Morgan fingerprint density at radius 3 is 2.86 bits per heavy atom. The Labute approximate surface area is 131 Å². The molecule has 3 nitrogen and oxygen atoms in total. The highest BCUT2D eigenvalue weighted by molar-refractivity contribution is 7.15. The van der Waals surface area contributed by atoms with Gasteiger partial charge in [-0.1, -0.05) is 17.7 Å². The van der Waals surface area contributed by atoms with Gasteiger partial charge in [0.15, 0.2) is 5.13 Å². The first-order valence-electron chi connectivity index (χ1n) is 7.58. The minimum atomic E-state index is 0.422. The number of hydrogen-bond donors (Lipinski definition) is 1. The summed E-state index contributed by atoms with van der Waals surface area (Å²) in [7, 11) is 4.16. The Morgan fingerprint density at radius 1 is 1.33 bits per heavy atom. The smallest absolute Gasteiger partial charge is 0.190 e. The summed E-state index contributed by atoms with van der Waals surface area (Å²) in [6.45, 7) is 4.30. The monoisotopic (exact) mass is 301 g/mol. The van der Waals surface area contributed by atoms with E-state index >= 15 is 0 Å². The number of nitrogens with zero attached hydrogens (tertiary/aromatic N) is 2. The van der Waals surface area contributed by atoms with E-state index in [1.54, 1.807) is 0 Å². The molecule has 2 aromatic rings. The number of thiazole rings is 1. The fourth-order valence-corrected chi connectivity index (χ4v) is 4.25. The summed E-state index contributed by atoms with van der Waals surface area (Å²) in [4.78, 5) is 8.60. The van der Waals surface area contributed by atoms with E-state index in [0.717, 1.165) is 5.13 Å². The maximum Gasteiger partial charge on any atom is 0.190 e. The summed E-state index contributed by atoms with van der Waals surface area (Å²) >= 11 is 1.85. The van der Waals surface area contributed by atoms with Gasteiger partial charge in [-0.3, -0.25) is 0 Å². The summed E-state index contributed by atoms with van der Waals surface area (Å²) in [5, 5.41) is 4.50. The van der Waals surface area contributed by atoms with Gasteiger partial charge in [0, 0.05) is 17.6 Å². The van der Waals surface area contributed by atoms with Crippen LogP contribution in [0.1, 0.15) is 40.6 Å². The highest BCUT2D eigenvalue weighted by Crippen LogP contribution is 2.38. The zero-order valence-electron chi connectivity index (χ0n) is 13.2. The van der Waals surface area contributed by atoms with E-state index in [-0.39, 0.29) is 0 Å². The van der Waals surface area contributed by atoms with E-state index in [0.29, 0.717) is 6.04 Å². The SMILES string of the molecule is CNC1CCCc2sc(N(C)c3ccc(C)cc3C)nc21. The summed E-state index contributed by atoms with van der Waals surface area (Å²) < 4.78 is 0. The predicted molar refractivity (Wildman–Crippen MR) is 90.8 cm³/mol. The molecule has 0 radical (unpaired) electrons. The quantitative estimate of drug-likeness (QED) is 0.924. The Balaban J connectivity index is 1.95. The van der Waals surface area contributed by atoms with Gasteiger partial charge < -0.3 is 10.2 Å². The van der Waals surface area contributed by atoms with E-state index in [9.17, 15) is 0 Å². The van der Waals surface area contributed by atoms with Gasteiger partial charge in [-0.05, 0) is 51.8 Å². The molecule has 1 aliphatic carbocycles. The number of aromatic nitrogens is 1. The molecule has 1 aromatic heterocycles. The van der Waals surface area contributed by atoms with Crippen LogP contribution in [0.4, 0.5) is 10.8 Å². The molecule has 0 bridgehead atoms. The van der Waals surface area contributed by atoms with E-state index in [1.807, 2.05) is 18.4 Å². The number of nitrogens with one attached hydrogen (secondary N) is 1. The molecule has 0 saturated carbocycles. The van der Waals surface area contributed by atoms with Crippen LogP contribution in [0.5, 0.6) is 0 Å². The van der Waals surface area contributed by atoms with Crippen LogP contribution in [0.25, 0.3) is 0 Å². The first-order chi connectivity index (χ1) is 10.1. The van der Waals surface area contributed by atoms with E-state index in [2.05, 4.69) is 49.3 Å². The van der Waals surface area contributed by atoms with Crippen molar-refractivity contribution >= 4 is 22.2 Å². The standard InChI is InChI=1S/C17H23N3S/c1-11-8-9-14(12(2)10-11)20(4)17-19-16-13(18-3)6-5-7-15(16)21-17/h8-10,13,18H,5-7H2,1-4H3. The third-order valence-corrected chi connectivity index (χ3v) is 5.50. The second kappa shape index (κ2) is 5.78. The number of rotatable bonds is 3. The second-order valence-corrected chi connectivity index (χ2v) is 6.95. The first-order valence-corrected chi connectivity index (χ1v) is 8.39. The zero-order chi connectivity index (χ0) is 15.0. The highest BCUT2D eigenvalue weighted by atomic mass is 32.1. The van der Waals surface area contributed by atoms with Crippen LogP contribution in [0, 0.1) is 13.8 Å². The Hall–Kier alpha value is -1.39. The molecule has 0 fully saturated rings. The van der Waals surface area contributed by atoms with Crippen LogP contribution >= 0.6 is 11.3 Å². The van der Waals surface area contributed by atoms with Crippen molar-refractivity contribution in [1.29, 1.82) is 0 Å². The molecule has 21 heavy (non-hydrogen) atoms. The summed E-state index contributed by atoms with van der Waals surface area (Å²) in [5.41, 5.74) is 5.11. The van der Waals surface area contributed by atoms with Crippen LogP contribution < -0.4 is 10.2 Å². The van der Waals surface area contributed by atoms with E-state index in [4.69, 9.17) is 4.98 Å². The van der Waals surface area contributed by atoms with Crippen LogP contribution in [-0.4, -0.2) is 19.1 Å².